The van der Waals surface area contributed by atoms with Crippen molar-refractivity contribution in [3.8, 4) is 0 Å². The predicted octanol–water partition coefficient (Wildman–Crippen LogP) is 0.461. The van der Waals surface area contributed by atoms with Crippen LogP contribution in [0.5, 0.6) is 0 Å². The van der Waals surface area contributed by atoms with E-state index >= 15 is 0 Å². The van der Waals surface area contributed by atoms with Crippen molar-refractivity contribution in [1.29, 1.82) is 0 Å². The lowest BCUT2D eigenvalue weighted by Crippen LogP contribution is -2.46. The summed E-state index contributed by atoms with van der Waals surface area (Å²) in [6.45, 7) is 7.39. The van der Waals surface area contributed by atoms with Crippen LogP contribution >= 0.6 is 0 Å². The summed E-state index contributed by atoms with van der Waals surface area (Å²) in [5.41, 5.74) is 0.572. The summed E-state index contributed by atoms with van der Waals surface area (Å²) >= 11 is 0. The zero-order valence-corrected chi connectivity index (χ0v) is 14.8. The molecule has 0 bridgehead atoms. The van der Waals surface area contributed by atoms with Gasteiger partial charge in [-0.2, -0.15) is 9.40 Å². The summed E-state index contributed by atoms with van der Waals surface area (Å²) in [5, 5.41) is 4.17. The van der Waals surface area contributed by atoms with E-state index in [1.807, 2.05) is 0 Å². The number of sulfonamides is 1. The molecule has 0 unspecified atom stereocenters. The molecule has 3 heterocycles. The van der Waals surface area contributed by atoms with Crippen molar-refractivity contribution in [1.82, 2.24) is 19.0 Å². The van der Waals surface area contributed by atoms with Gasteiger partial charge in [0.05, 0.1) is 18.9 Å². The van der Waals surface area contributed by atoms with Gasteiger partial charge < -0.3 is 4.74 Å². The van der Waals surface area contributed by atoms with Gasteiger partial charge in [0.15, 0.2) is 0 Å². The molecule has 2 saturated heterocycles. The van der Waals surface area contributed by atoms with Gasteiger partial charge >= 0.3 is 0 Å². The molecule has 0 spiro atoms. The molecule has 2 aliphatic rings. The zero-order valence-electron chi connectivity index (χ0n) is 13.9. The van der Waals surface area contributed by atoms with Crippen LogP contribution in [0.2, 0.25) is 0 Å². The Kier molecular flexibility index (Phi) is 5.05. The molecule has 0 N–H and O–H groups in total. The quantitative estimate of drug-likeness (QED) is 0.795. The fraction of sp³-hybridized carbons (Fsp3) is 0.800. The lowest BCUT2D eigenvalue weighted by atomic mass is 9.99. The van der Waals surface area contributed by atoms with Gasteiger partial charge in [0.2, 0.25) is 10.0 Å². The Morgan fingerprint density at radius 1 is 1.30 bits per heavy atom. The van der Waals surface area contributed by atoms with E-state index in [4.69, 9.17) is 4.74 Å². The smallest absolute Gasteiger partial charge is 0.246 e. The number of nitrogens with zero attached hydrogens (tertiary/aromatic N) is 4. The van der Waals surface area contributed by atoms with Gasteiger partial charge in [0.1, 0.15) is 4.90 Å². The molecule has 7 nitrogen and oxygen atoms in total. The van der Waals surface area contributed by atoms with Gasteiger partial charge in [-0.3, -0.25) is 9.58 Å². The van der Waals surface area contributed by atoms with Gasteiger partial charge in [-0.05, 0) is 25.7 Å². The number of piperidine rings is 1. The molecule has 1 aromatic rings. The van der Waals surface area contributed by atoms with Crippen molar-refractivity contribution in [3.05, 3.63) is 11.9 Å². The molecule has 130 valence electrons. The fourth-order valence-electron chi connectivity index (χ4n) is 3.51. The molecular weight excluding hydrogens is 316 g/mol. The van der Waals surface area contributed by atoms with E-state index in [2.05, 4.69) is 10.00 Å². The van der Waals surface area contributed by atoms with E-state index in [1.54, 1.807) is 29.2 Å². The first-order chi connectivity index (χ1) is 11.0. The summed E-state index contributed by atoms with van der Waals surface area (Å²) in [7, 11) is -1.69. The number of hydrogen-bond donors (Lipinski definition) is 0. The highest BCUT2D eigenvalue weighted by Crippen LogP contribution is 2.25. The second-order valence-corrected chi connectivity index (χ2v) is 8.44. The number of aryl methyl sites for hydroxylation is 2. The van der Waals surface area contributed by atoms with Gasteiger partial charge in [0.25, 0.3) is 0 Å². The third-order valence-corrected chi connectivity index (χ3v) is 6.66. The van der Waals surface area contributed by atoms with Crippen molar-refractivity contribution in [2.24, 2.45) is 13.0 Å². The van der Waals surface area contributed by atoms with Crippen LogP contribution in [-0.2, 0) is 21.8 Å². The highest BCUT2D eigenvalue weighted by molar-refractivity contribution is 7.89. The van der Waals surface area contributed by atoms with Crippen LogP contribution in [0, 0.1) is 12.8 Å². The Balaban J connectivity index is 1.68. The second-order valence-electron chi connectivity index (χ2n) is 6.54. The molecule has 1 atom stereocenters. The maximum absolute atomic E-state index is 12.9. The Morgan fingerprint density at radius 2 is 2.04 bits per heavy atom. The second kappa shape index (κ2) is 6.88. The molecule has 2 aliphatic heterocycles. The van der Waals surface area contributed by atoms with Crippen LogP contribution in [0.25, 0.3) is 0 Å². The molecule has 0 amide bonds. The number of morpholine rings is 1. The van der Waals surface area contributed by atoms with Crippen LogP contribution in [0.3, 0.4) is 0 Å². The third-order valence-electron chi connectivity index (χ3n) is 4.69. The summed E-state index contributed by atoms with van der Waals surface area (Å²) < 4.78 is 34.4. The number of ether oxygens (including phenoxy) is 1. The van der Waals surface area contributed by atoms with Crippen LogP contribution in [0.15, 0.2) is 11.1 Å². The molecule has 0 saturated carbocycles. The molecule has 3 rings (SSSR count). The highest BCUT2D eigenvalue weighted by Gasteiger charge is 2.33. The summed E-state index contributed by atoms with van der Waals surface area (Å²) in [6, 6.07) is 0. The maximum Gasteiger partial charge on any atom is 0.246 e. The van der Waals surface area contributed by atoms with Gasteiger partial charge in [-0.15, -0.1) is 0 Å². The van der Waals surface area contributed by atoms with Crippen LogP contribution < -0.4 is 0 Å². The van der Waals surface area contributed by atoms with E-state index in [1.165, 1.54) is 0 Å². The fourth-order valence-corrected chi connectivity index (χ4v) is 5.27. The summed E-state index contributed by atoms with van der Waals surface area (Å²) in [6.07, 6.45) is 3.62. The average Bonchev–Trinajstić information content (AvgIpc) is 2.88. The Morgan fingerprint density at radius 3 is 2.70 bits per heavy atom. The number of rotatable bonds is 4. The summed E-state index contributed by atoms with van der Waals surface area (Å²) in [5.74, 6) is 0.397. The average molecular weight is 342 g/mol. The molecule has 0 radical (unpaired) electrons. The first-order valence-electron chi connectivity index (χ1n) is 8.27. The molecule has 8 heteroatoms. The van der Waals surface area contributed by atoms with Gasteiger partial charge in [-0.25, -0.2) is 8.42 Å². The summed E-state index contributed by atoms with van der Waals surface area (Å²) in [4.78, 5) is 2.73. The predicted molar refractivity (Wildman–Crippen MR) is 86.7 cm³/mol. The maximum atomic E-state index is 12.9. The van der Waals surface area contributed by atoms with E-state index in [0.29, 0.717) is 29.6 Å². The van der Waals surface area contributed by atoms with Crippen molar-refractivity contribution < 1.29 is 13.2 Å². The number of hydrogen-bond acceptors (Lipinski definition) is 5. The molecule has 2 fully saturated rings. The monoisotopic (exact) mass is 342 g/mol. The lowest BCUT2D eigenvalue weighted by molar-refractivity contribution is 0.0265. The molecule has 23 heavy (non-hydrogen) atoms. The van der Waals surface area contributed by atoms with Crippen LogP contribution in [-0.4, -0.2) is 73.3 Å². The molecular formula is C15H26N4O3S. The van der Waals surface area contributed by atoms with Gasteiger partial charge in [0, 0.05) is 46.0 Å². The SMILES string of the molecule is Cc1nn(C)cc1S(=O)(=O)N1CCC[C@H](CN2CCOCC2)C1. The van der Waals surface area contributed by atoms with E-state index < -0.39 is 10.0 Å². The number of aromatic nitrogens is 2. The normalized spacial score (nSPS) is 24.9. The minimum atomic E-state index is -3.44. The Bertz CT molecular complexity index is 637. The molecule has 0 aromatic carbocycles. The Labute approximate surface area is 138 Å². The first kappa shape index (κ1) is 16.9. The zero-order chi connectivity index (χ0) is 16.4. The minimum absolute atomic E-state index is 0.340. The standard InChI is InChI=1S/C15H26N4O3S/c1-13-15(12-17(2)16-13)23(20,21)19-5-3-4-14(11-19)10-18-6-8-22-9-7-18/h12,14H,3-11H2,1-2H3/t14-/m1/s1. The van der Waals surface area contributed by atoms with Crippen molar-refractivity contribution in [2.45, 2.75) is 24.7 Å². The van der Waals surface area contributed by atoms with Crippen LogP contribution in [0.1, 0.15) is 18.5 Å². The largest absolute Gasteiger partial charge is 0.379 e. The van der Waals surface area contributed by atoms with Crippen LogP contribution in [0.4, 0.5) is 0 Å². The topological polar surface area (TPSA) is 67.7 Å². The Hall–Kier alpha value is -0.960. The van der Waals surface area contributed by atoms with Gasteiger partial charge in [-0.1, -0.05) is 0 Å². The highest BCUT2D eigenvalue weighted by atomic mass is 32.2. The lowest BCUT2D eigenvalue weighted by Gasteiger charge is -2.36. The van der Waals surface area contributed by atoms with Crippen molar-refractivity contribution in [2.75, 3.05) is 45.9 Å². The molecule has 0 aliphatic carbocycles. The molecule has 1 aromatic heterocycles. The first-order valence-corrected chi connectivity index (χ1v) is 9.71. The third kappa shape index (κ3) is 3.76. The van der Waals surface area contributed by atoms with E-state index in [9.17, 15) is 8.42 Å². The van der Waals surface area contributed by atoms with E-state index in [-0.39, 0.29) is 0 Å². The van der Waals surface area contributed by atoms with E-state index in [0.717, 1.165) is 45.7 Å². The minimum Gasteiger partial charge on any atom is -0.379 e. The van der Waals surface area contributed by atoms with Crippen molar-refractivity contribution >= 4 is 10.0 Å². The van der Waals surface area contributed by atoms with Crippen molar-refractivity contribution in [3.63, 3.8) is 0 Å².